The van der Waals surface area contributed by atoms with Gasteiger partial charge >= 0.3 is 6.09 Å². The summed E-state index contributed by atoms with van der Waals surface area (Å²) in [7, 11) is 0. The molecule has 6 heteroatoms. The quantitative estimate of drug-likeness (QED) is 0.304. The third kappa shape index (κ3) is 12.6. The highest BCUT2D eigenvalue weighted by atomic mass is 16.5. The van der Waals surface area contributed by atoms with Crippen molar-refractivity contribution in [3.05, 3.63) is 0 Å². The zero-order valence-electron chi connectivity index (χ0n) is 16.1. The molecule has 144 valence electrons. The fourth-order valence-electron chi connectivity index (χ4n) is 2.53. The van der Waals surface area contributed by atoms with Crippen molar-refractivity contribution in [2.24, 2.45) is 11.1 Å². The van der Waals surface area contributed by atoms with Gasteiger partial charge in [0.25, 0.3) is 0 Å². The first-order chi connectivity index (χ1) is 11.6. The van der Waals surface area contributed by atoms with Gasteiger partial charge in [-0.1, -0.05) is 40.0 Å². The summed E-state index contributed by atoms with van der Waals surface area (Å²) in [5, 5.41) is 10.6. The standard InChI is InChI=1S/C18H40N4O2/c1-4-7-10-20-13-18(16-24-17(19)23,14-21-11-8-5-2)15-22-12-9-6-3/h20-22H,4-16H2,1-3H3,(H2,19,23). The minimum Gasteiger partial charge on any atom is -0.449 e. The van der Waals surface area contributed by atoms with Gasteiger partial charge in [-0.25, -0.2) is 4.79 Å². The van der Waals surface area contributed by atoms with E-state index >= 15 is 0 Å². The third-order valence-electron chi connectivity index (χ3n) is 4.14. The molecule has 0 rings (SSSR count). The lowest BCUT2D eigenvalue weighted by Gasteiger charge is -2.34. The molecule has 0 unspecified atom stereocenters. The number of carbonyl (C=O) groups excluding carboxylic acids is 1. The molecular weight excluding hydrogens is 304 g/mol. The largest absolute Gasteiger partial charge is 0.449 e. The van der Waals surface area contributed by atoms with Crippen LogP contribution >= 0.6 is 0 Å². The molecule has 0 radical (unpaired) electrons. The Balaban J connectivity index is 4.67. The van der Waals surface area contributed by atoms with Gasteiger partial charge in [0.1, 0.15) is 6.61 Å². The van der Waals surface area contributed by atoms with E-state index in [0.29, 0.717) is 6.61 Å². The molecule has 0 heterocycles. The monoisotopic (exact) mass is 344 g/mol. The minimum absolute atomic E-state index is 0.176. The van der Waals surface area contributed by atoms with Crippen LogP contribution in [0.3, 0.4) is 0 Å². The molecule has 6 nitrogen and oxygen atoms in total. The summed E-state index contributed by atoms with van der Waals surface area (Å²) in [6.07, 6.45) is 6.26. The van der Waals surface area contributed by atoms with Crippen LogP contribution < -0.4 is 21.7 Å². The van der Waals surface area contributed by atoms with Crippen molar-refractivity contribution in [2.75, 3.05) is 45.9 Å². The van der Waals surface area contributed by atoms with Gasteiger partial charge in [0.2, 0.25) is 0 Å². The van der Waals surface area contributed by atoms with E-state index < -0.39 is 6.09 Å². The van der Waals surface area contributed by atoms with Gasteiger partial charge in [-0.15, -0.1) is 0 Å². The number of carbonyl (C=O) groups is 1. The molecule has 0 aliphatic heterocycles. The van der Waals surface area contributed by atoms with E-state index in [9.17, 15) is 4.79 Å². The highest BCUT2D eigenvalue weighted by molar-refractivity contribution is 5.64. The molecule has 0 aromatic rings. The van der Waals surface area contributed by atoms with Crippen LogP contribution in [0.2, 0.25) is 0 Å². The van der Waals surface area contributed by atoms with Crippen LogP contribution in [0.5, 0.6) is 0 Å². The Morgan fingerprint density at radius 2 is 1.21 bits per heavy atom. The summed E-state index contributed by atoms with van der Waals surface area (Å²) in [5.41, 5.74) is 5.03. The number of hydrogen-bond acceptors (Lipinski definition) is 5. The van der Waals surface area contributed by atoms with E-state index in [1.165, 1.54) is 19.3 Å². The smallest absolute Gasteiger partial charge is 0.404 e. The van der Waals surface area contributed by atoms with Gasteiger partial charge in [-0.2, -0.15) is 0 Å². The molecule has 0 saturated heterocycles. The SMILES string of the molecule is CCCCNCC(CNCCCC)(CNCCCC)COC(N)=O. The van der Waals surface area contributed by atoms with E-state index in [-0.39, 0.29) is 5.41 Å². The van der Waals surface area contributed by atoms with Crippen LogP contribution in [-0.2, 0) is 4.74 Å². The molecule has 0 saturated carbocycles. The second-order valence-corrected chi connectivity index (χ2v) is 6.70. The van der Waals surface area contributed by atoms with Crippen LogP contribution in [0, 0.1) is 5.41 Å². The molecule has 0 atom stereocenters. The number of nitrogens with two attached hydrogens (primary N) is 1. The van der Waals surface area contributed by atoms with Gasteiger partial charge in [-0.05, 0) is 38.9 Å². The number of nitrogens with one attached hydrogen (secondary N) is 3. The zero-order valence-corrected chi connectivity index (χ0v) is 16.1. The Morgan fingerprint density at radius 1 is 0.833 bits per heavy atom. The summed E-state index contributed by atoms with van der Waals surface area (Å²) in [4.78, 5) is 11.1. The van der Waals surface area contributed by atoms with E-state index in [1.54, 1.807) is 0 Å². The van der Waals surface area contributed by atoms with E-state index in [4.69, 9.17) is 10.5 Å². The van der Waals surface area contributed by atoms with Crippen molar-refractivity contribution in [1.29, 1.82) is 0 Å². The number of ether oxygens (including phenoxy) is 1. The maximum Gasteiger partial charge on any atom is 0.404 e. The average molecular weight is 345 g/mol. The second kappa shape index (κ2) is 15.7. The summed E-state index contributed by atoms with van der Waals surface area (Å²) < 4.78 is 5.20. The third-order valence-corrected chi connectivity index (χ3v) is 4.14. The van der Waals surface area contributed by atoms with Crippen molar-refractivity contribution in [1.82, 2.24) is 16.0 Å². The predicted octanol–water partition coefficient (Wildman–Crippen LogP) is 2.24. The van der Waals surface area contributed by atoms with Crippen LogP contribution in [0.1, 0.15) is 59.3 Å². The zero-order chi connectivity index (χ0) is 18.1. The Labute approximate surface area is 148 Å². The predicted molar refractivity (Wildman–Crippen MR) is 101 cm³/mol. The van der Waals surface area contributed by atoms with Crippen molar-refractivity contribution in [2.45, 2.75) is 59.3 Å². The second-order valence-electron chi connectivity index (χ2n) is 6.70. The first-order valence-electron chi connectivity index (χ1n) is 9.64. The molecule has 0 aliphatic rings. The lowest BCUT2D eigenvalue weighted by Crippen LogP contribution is -2.52. The molecule has 0 bridgehead atoms. The fourth-order valence-corrected chi connectivity index (χ4v) is 2.53. The first-order valence-corrected chi connectivity index (χ1v) is 9.64. The van der Waals surface area contributed by atoms with Gasteiger partial charge in [0, 0.05) is 25.0 Å². The van der Waals surface area contributed by atoms with E-state index in [2.05, 4.69) is 36.7 Å². The van der Waals surface area contributed by atoms with Crippen LogP contribution in [0.4, 0.5) is 4.79 Å². The molecule has 0 fully saturated rings. The molecule has 0 aliphatic carbocycles. The maximum absolute atomic E-state index is 11.1. The first kappa shape index (κ1) is 23.1. The van der Waals surface area contributed by atoms with E-state index in [1.807, 2.05) is 0 Å². The number of primary amides is 1. The van der Waals surface area contributed by atoms with Crippen molar-refractivity contribution in [3.8, 4) is 0 Å². The highest BCUT2D eigenvalue weighted by Gasteiger charge is 2.31. The summed E-state index contributed by atoms with van der Waals surface area (Å²) in [6, 6.07) is 0. The molecule has 0 aromatic heterocycles. The molecule has 24 heavy (non-hydrogen) atoms. The van der Waals surface area contributed by atoms with Crippen molar-refractivity contribution in [3.63, 3.8) is 0 Å². The summed E-state index contributed by atoms with van der Waals surface area (Å²) in [6.45, 7) is 12.3. The molecular formula is C18H40N4O2. The average Bonchev–Trinajstić information content (AvgIpc) is 2.57. The Morgan fingerprint density at radius 3 is 1.50 bits per heavy atom. The fraction of sp³-hybridized carbons (Fsp3) is 0.944. The van der Waals surface area contributed by atoms with Gasteiger partial charge in [-0.3, -0.25) is 0 Å². The molecule has 5 N–H and O–H groups in total. The molecule has 1 amide bonds. The van der Waals surface area contributed by atoms with Gasteiger partial charge in [0.05, 0.1) is 0 Å². The lowest BCUT2D eigenvalue weighted by atomic mass is 9.88. The molecule has 0 spiro atoms. The highest BCUT2D eigenvalue weighted by Crippen LogP contribution is 2.16. The Kier molecular flexibility index (Phi) is 15.1. The van der Waals surface area contributed by atoms with Gasteiger partial charge in [0.15, 0.2) is 0 Å². The maximum atomic E-state index is 11.1. The number of unbranched alkanes of at least 4 members (excludes halogenated alkanes) is 3. The number of hydrogen-bond donors (Lipinski definition) is 4. The van der Waals surface area contributed by atoms with E-state index in [0.717, 1.165) is 58.5 Å². The lowest BCUT2D eigenvalue weighted by molar-refractivity contribution is 0.0847. The summed E-state index contributed by atoms with van der Waals surface area (Å²) in [5.74, 6) is 0. The number of rotatable bonds is 17. The Bertz CT molecular complexity index is 269. The van der Waals surface area contributed by atoms with Crippen LogP contribution in [0.15, 0.2) is 0 Å². The van der Waals surface area contributed by atoms with Crippen molar-refractivity contribution < 1.29 is 9.53 Å². The van der Waals surface area contributed by atoms with Crippen LogP contribution in [-0.4, -0.2) is 52.0 Å². The minimum atomic E-state index is -0.699. The van der Waals surface area contributed by atoms with Gasteiger partial charge < -0.3 is 26.4 Å². The van der Waals surface area contributed by atoms with Crippen molar-refractivity contribution >= 4 is 6.09 Å². The van der Waals surface area contributed by atoms with Crippen LogP contribution in [0.25, 0.3) is 0 Å². The summed E-state index contributed by atoms with van der Waals surface area (Å²) >= 11 is 0. The molecule has 0 aromatic carbocycles. The number of amides is 1. The Hall–Kier alpha value is -0.850. The normalized spacial score (nSPS) is 11.6. The topological polar surface area (TPSA) is 88.4 Å².